The molecule has 0 saturated heterocycles. The third-order valence-corrected chi connectivity index (χ3v) is 4.43. The Morgan fingerprint density at radius 3 is 2.38 bits per heavy atom. The Morgan fingerprint density at radius 1 is 1.29 bits per heavy atom. The highest BCUT2D eigenvalue weighted by atomic mass is 32.1. The third kappa shape index (κ3) is 4.10. The highest BCUT2D eigenvalue weighted by Crippen LogP contribution is 2.36. The maximum Gasteiger partial charge on any atom is 0.263 e. The van der Waals surface area contributed by atoms with Gasteiger partial charge in [-0.05, 0) is 19.3 Å². The predicted molar refractivity (Wildman–Crippen MR) is 87.8 cm³/mol. The molecule has 0 fully saturated rings. The van der Waals surface area contributed by atoms with Crippen LogP contribution >= 0.6 is 11.3 Å². The molecule has 0 aromatic carbocycles. The van der Waals surface area contributed by atoms with E-state index in [2.05, 4.69) is 24.5 Å². The van der Waals surface area contributed by atoms with Gasteiger partial charge in [-0.25, -0.2) is 0 Å². The van der Waals surface area contributed by atoms with Crippen LogP contribution in [0.1, 0.15) is 54.1 Å². The number of amides is 2. The molecule has 118 valence electrons. The maximum absolute atomic E-state index is 12.1. The molecule has 1 rings (SSSR count). The molecule has 21 heavy (non-hydrogen) atoms. The van der Waals surface area contributed by atoms with E-state index in [0.29, 0.717) is 22.3 Å². The van der Waals surface area contributed by atoms with E-state index in [4.69, 9.17) is 11.5 Å². The Hall–Kier alpha value is -1.76. The van der Waals surface area contributed by atoms with Gasteiger partial charge in [0.05, 0.1) is 11.3 Å². The van der Waals surface area contributed by atoms with Crippen molar-refractivity contribution in [1.82, 2.24) is 5.32 Å². The first-order valence-electron chi connectivity index (χ1n) is 7.06. The van der Waals surface area contributed by atoms with Gasteiger partial charge in [0, 0.05) is 12.6 Å². The molecule has 0 bridgehead atoms. The summed E-state index contributed by atoms with van der Waals surface area (Å²) in [6, 6.07) is 0.132. The highest BCUT2D eigenvalue weighted by molar-refractivity contribution is 7.19. The Morgan fingerprint density at radius 2 is 1.90 bits per heavy atom. The Balaban J connectivity index is 3.13. The first-order chi connectivity index (χ1) is 9.79. The highest BCUT2D eigenvalue weighted by Gasteiger charge is 2.25. The molecular formula is C14H24N4O2S. The molecule has 0 aliphatic heterocycles. The van der Waals surface area contributed by atoms with Gasteiger partial charge in [-0.1, -0.05) is 20.8 Å². The predicted octanol–water partition coefficient (Wildman–Crippen LogP) is 2.03. The molecule has 1 atom stereocenters. The van der Waals surface area contributed by atoms with Crippen LogP contribution in [0.4, 0.5) is 10.7 Å². The summed E-state index contributed by atoms with van der Waals surface area (Å²) in [5, 5.41) is 6.54. The number of carbonyl (C=O) groups excluding carboxylic acids is 2. The molecule has 6 N–H and O–H groups in total. The molecule has 7 heteroatoms. The fraction of sp³-hybridized carbons (Fsp3) is 0.571. The number of nitrogen functional groups attached to an aromatic ring is 1. The summed E-state index contributed by atoms with van der Waals surface area (Å²) in [5.74, 6) is -0.532. The summed E-state index contributed by atoms with van der Waals surface area (Å²) < 4.78 is 0. The second-order valence-corrected chi connectivity index (χ2v) is 6.37. The van der Waals surface area contributed by atoms with Crippen LogP contribution in [0.5, 0.6) is 0 Å². The average molecular weight is 312 g/mol. The molecule has 1 aromatic rings. The van der Waals surface area contributed by atoms with E-state index in [0.717, 1.165) is 6.42 Å². The zero-order valence-electron chi connectivity index (χ0n) is 12.9. The largest absolute Gasteiger partial charge is 0.397 e. The van der Waals surface area contributed by atoms with Crippen molar-refractivity contribution >= 4 is 33.8 Å². The number of nitrogens with one attached hydrogen (secondary N) is 2. The molecule has 0 spiro atoms. The molecule has 1 heterocycles. The first-order valence-corrected chi connectivity index (χ1v) is 7.88. The number of hydrogen-bond donors (Lipinski definition) is 4. The lowest BCUT2D eigenvalue weighted by molar-refractivity contribution is 0.0958. The molecule has 0 saturated carbocycles. The number of rotatable bonds is 7. The van der Waals surface area contributed by atoms with Gasteiger partial charge in [0.15, 0.2) is 0 Å². The SMILES string of the molecule is CCCNC(=O)c1sc(NC(C)C(C)C)c(C(N)=O)c1N. The van der Waals surface area contributed by atoms with Crippen molar-refractivity contribution in [3.63, 3.8) is 0 Å². The quantitative estimate of drug-likeness (QED) is 0.617. The third-order valence-electron chi connectivity index (χ3n) is 3.29. The summed E-state index contributed by atoms with van der Waals surface area (Å²) >= 11 is 1.17. The average Bonchev–Trinajstić information content (AvgIpc) is 2.72. The number of primary amides is 1. The molecule has 0 radical (unpaired) electrons. The molecule has 1 unspecified atom stereocenters. The van der Waals surface area contributed by atoms with Crippen LogP contribution in [0.2, 0.25) is 0 Å². The number of anilines is 2. The number of thiophene rings is 1. The Labute approximate surface area is 129 Å². The van der Waals surface area contributed by atoms with Crippen molar-refractivity contribution in [3.05, 3.63) is 10.4 Å². The monoisotopic (exact) mass is 312 g/mol. The summed E-state index contributed by atoms with van der Waals surface area (Å²) in [4.78, 5) is 24.0. The maximum atomic E-state index is 12.1. The molecule has 1 aromatic heterocycles. The minimum Gasteiger partial charge on any atom is -0.397 e. The molecule has 6 nitrogen and oxygen atoms in total. The summed E-state index contributed by atoms with van der Waals surface area (Å²) in [5.41, 5.74) is 11.7. The van der Waals surface area contributed by atoms with Crippen LogP contribution in [-0.2, 0) is 0 Å². The fourth-order valence-electron chi connectivity index (χ4n) is 1.65. The van der Waals surface area contributed by atoms with Crippen molar-refractivity contribution in [2.75, 3.05) is 17.6 Å². The van der Waals surface area contributed by atoms with E-state index < -0.39 is 5.91 Å². The van der Waals surface area contributed by atoms with Crippen LogP contribution in [0, 0.1) is 5.92 Å². The standard InChI is InChI=1S/C14H24N4O2S/c1-5-6-17-13(20)11-10(15)9(12(16)19)14(21-11)18-8(4)7(2)3/h7-8,18H,5-6,15H2,1-4H3,(H2,16,19)(H,17,20). The minimum atomic E-state index is -0.628. The van der Waals surface area contributed by atoms with Gasteiger partial charge >= 0.3 is 0 Å². The zero-order chi connectivity index (χ0) is 16.2. The number of nitrogens with two attached hydrogens (primary N) is 2. The topological polar surface area (TPSA) is 110 Å². The molecule has 0 aliphatic rings. The first kappa shape index (κ1) is 17.3. The number of carbonyl (C=O) groups is 2. The second kappa shape index (κ2) is 7.31. The van der Waals surface area contributed by atoms with E-state index in [1.165, 1.54) is 11.3 Å². The van der Waals surface area contributed by atoms with Crippen molar-refractivity contribution in [3.8, 4) is 0 Å². The lowest BCUT2D eigenvalue weighted by Gasteiger charge is -2.18. The van der Waals surface area contributed by atoms with Crippen LogP contribution in [0.15, 0.2) is 0 Å². The number of hydrogen-bond acceptors (Lipinski definition) is 5. The zero-order valence-corrected chi connectivity index (χ0v) is 13.8. The summed E-state index contributed by atoms with van der Waals surface area (Å²) in [6.07, 6.45) is 0.829. The minimum absolute atomic E-state index is 0.132. The van der Waals surface area contributed by atoms with E-state index in [9.17, 15) is 9.59 Å². The summed E-state index contributed by atoms with van der Waals surface area (Å²) in [6.45, 7) is 8.65. The van der Waals surface area contributed by atoms with Crippen LogP contribution in [0.3, 0.4) is 0 Å². The lowest BCUT2D eigenvalue weighted by Crippen LogP contribution is -2.24. The van der Waals surface area contributed by atoms with E-state index in [1.54, 1.807) is 0 Å². The molecule has 0 aliphatic carbocycles. The van der Waals surface area contributed by atoms with E-state index >= 15 is 0 Å². The van der Waals surface area contributed by atoms with Gasteiger partial charge in [-0.2, -0.15) is 0 Å². The van der Waals surface area contributed by atoms with Gasteiger partial charge in [0.25, 0.3) is 11.8 Å². The molecular weight excluding hydrogens is 288 g/mol. The van der Waals surface area contributed by atoms with E-state index in [-0.39, 0.29) is 23.2 Å². The van der Waals surface area contributed by atoms with Crippen molar-refractivity contribution in [2.45, 2.75) is 40.2 Å². The van der Waals surface area contributed by atoms with Gasteiger partial charge in [0.1, 0.15) is 9.88 Å². The van der Waals surface area contributed by atoms with Crippen molar-refractivity contribution < 1.29 is 9.59 Å². The van der Waals surface area contributed by atoms with Gasteiger partial charge in [0.2, 0.25) is 0 Å². The van der Waals surface area contributed by atoms with Crippen LogP contribution in [0.25, 0.3) is 0 Å². The van der Waals surface area contributed by atoms with Crippen molar-refractivity contribution in [2.24, 2.45) is 11.7 Å². The van der Waals surface area contributed by atoms with E-state index in [1.807, 2.05) is 13.8 Å². The normalized spacial score (nSPS) is 12.2. The Kier molecular flexibility index (Phi) is 6.02. The Bertz CT molecular complexity index is 525. The summed E-state index contributed by atoms with van der Waals surface area (Å²) in [7, 11) is 0. The lowest BCUT2D eigenvalue weighted by atomic mass is 10.1. The van der Waals surface area contributed by atoms with Gasteiger partial charge in [-0.15, -0.1) is 11.3 Å². The van der Waals surface area contributed by atoms with Crippen LogP contribution < -0.4 is 22.1 Å². The molecule has 2 amide bonds. The fourth-order valence-corrected chi connectivity index (χ4v) is 2.79. The second-order valence-electron chi connectivity index (χ2n) is 5.35. The van der Waals surface area contributed by atoms with Crippen molar-refractivity contribution in [1.29, 1.82) is 0 Å². The van der Waals surface area contributed by atoms with Gasteiger partial charge in [-0.3, -0.25) is 9.59 Å². The van der Waals surface area contributed by atoms with Gasteiger partial charge < -0.3 is 22.1 Å². The van der Waals surface area contributed by atoms with Crippen LogP contribution in [-0.4, -0.2) is 24.4 Å². The smallest absolute Gasteiger partial charge is 0.263 e.